The standard InChI is InChI=1S/C15H17FO5/c1-3-20-12(17)9-10-7-5-6-8-11(10)14(18)13(16)15(19)21-4-2/h5-8,13H,3-4,9H2,1-2H3. The molecule has 0 aromatic heterocycles. The van der Waals surface area contributed by atoms with Crippen LogP contribution in [0.15, 0.2) is 24.3 Å². The van der Waals surface area contributed by atoms with Crippen LogP contribution in [0.5, 0.6) is 0 Å². The highest BCUT2D eigenvalue weighted by atomic mass is 19.1. The molecular weight excluding hydrogens is 279 g/mol. The van der Waals surface area contributed by atoms with Gasteiger partial charge in [0.15, 0.2) is 0 Å². The quantitative estimate of drug-likeness (QED) is 0.436. The molecule has 0 aliphatic carbocycles. The van der Waals surface area contributed by atoms with Gasteiger partial charge in [-0.25, -0.2) is 9.18 Å². The van der Waals surface area contributed by atoms with Crippen molar-refractivity contribution in [2.75, 3.05) is 13.2 Å². The second-order valence-electron chi connectivity index (χ2n) is 4.12. The van der Waals surface area contributed by atoms with Crippen molar-refractivity contribution in [1.29, 1.82) is 0 Å². The van der Waals surface area contributed by atoms with Crippen molar-refractivity contribution >= 4 is 17.7 Å². The lowest BCUT2D eigenvalue weighted by Crippen LogP contribution is -2.29. The van der Waals surface area contributed by atoms with Gasteiger partial charge in [-0.05, 0) is 19.4 Å². The molecule has 0 aliphatic rings. The molecule has 0 amide bonds. The van der Waals surface area contributed by atoms with Crippen LogP contribution in [-0.2, 0) is 25.5 Å². The lowest BCUT2D eigenvalue weighted by molar-refractivity contribution is -0.147. The van der Waals surface area contributed by atoms with E-state index < -0.39 is 23.9 Å². The molecule has 5 nitrogen and oxygen atoms in total. The fourth-order valence-corrected chi connectivity index (χ4v) is 1.74. The van der Waals surface area contributed by atoms with Gasteiger partial charge in [-0.3, -0.25) is 9.59 Å². The number of hydrogen-bond donors (Lipinski definition) is 0. The summed E-state index contributed by atoms with van der Waals surface area (Å²) in [6.07, 6.45) is -2.56. The molecule has 114 valence electrons. The number of ketones is 1. The largest absolute Gasteiger partial charge is 0.466 e. The van der Waals surface area contributed by atoms with E-state index in [0.29, 0.717) is 5.56 Å². The molecule has 0 heterocycles. The molecule has 0 saturated carbocycles. The van der Waals surface area contributed by atoms with Gasteiger partial charge in [0.25, 0.3) is 6.17 Å². The number of esters is 2. The van der Waals surface area contributed by atoms with Crippen molar-refractivity contribution in [2.45, 2.75) is 26.4 Å². The van der Waals surface area contributed by atoms with Crippen LogP contribution in [0.4, 0.5) is 4.39 Å². The first-order valence-electron chi connectivity index (χ1n) is 6.59. The number of rotatable bonds is 7. The van der Waals surface area contributed by atoms with Gasteiger partial charge in [-0.1, -0.05) is 24.3 Å². The van der Waals surface area contributed by atoms with Crippen LogP contribution < -0.4 is 0 Å². The normalized spacial score (nSPS) is 11.6. The first-order chi connectivity index (χ1) is 10.0. The molecule has 1 aromatic carbocycles. The van der Waals surface area contributed by atoms with Crippen LogP contribution in [0.3, 0.4) is 0 Å². The van der Waals surface area contributed by atoms with Gasteiger partial charge in [-0.2, -0.15) is 0 Å². The maximum atomic E-state index is 13.8. The molecule has 1 rings (SSSR count). The van der Waals surface area contributed by atoms with Gasteiger partial charge in [0.1, 0.15) is 0 Å². The predicted molar refractivity (Wildman–Crippen MR) is 72.6 cm³/mol. The van der Waals surface area contributed by atoms with Gasteiger partial charge >= 0.3 is 11.9 Å². The molecule has 1 aromatic rings. The average molecular weight is 296 g/mol. The molecule has 6 heteroatoms. The first kappa shape index (κ1) is 16.8. The minimum absolute atomic E-state index is 0.0169. The minimum atomic E-state index is -2.40. The van der Waals surface area contributed by atoms with Crippen molar-refractivity contribution in [2.24, 2.45) is 0 Å². The monoisotopic (exact) mass is 296 g/mol. The molecule has 0 saturated heterocycles. The Balaban J connectivity index is 2.94. The van der Waals surface area contributed by atoms with Gasteiger partial charge in [0, 0.05) is 5.56 Å². The Kier molecular flexibility index (Phi) is 6.52. The Labute approximate surface area is 122 Å². The highest BCUT2D eigenvalue weighted by Gasteiger charge is 2.30. The molecule has 0 N–H and O–H groups in total. The number of carbonyl (C=O) groups is 3. The van der Waals surface area contributed by atoms with E-state index in [-0.39, 0.29) is 25.2 Å². The summed E-state index contributed by atoms with van der Waals surface area (Å²) >= 11 is 0. The summed E-state index contributed by atoms with van der Waals surface area (Å²) in [4.78, 5) is 34.8. The summed E-state index contributed by atoms with van der Waals surface area (Å²) in [7, 11) is 0. The van der Waals surface area contributed by atoms with Crippen molar-refractivity contribution in [3.8, 4) is 0 Å². The van der Waals surface area contributed by atoms with Crippen LogP contribution in [0, 0.1) is 0 Å². The van der Waals surface area contributed by atoms with E-state index in [0.717, 1.165) is 0 Å². The number of Topliss-reactive ketones (excluding diaryl/α,β-unsaturated/α-hetero) is 1. The lowest BCUT2D eigenvalue weighted by Gasteiger charge is -2.10. The second-order valence-corrected chi connectivity index (χ2v) is 4.12. The Morgan fingerprint density at radius 3 is 2.33 bits per heavy atom. The van der Waals surface area contributed by atoms with Crippen LogP contribution in [0.2, 0.25) is 0 Å². The zero-order valence-electron chi connectivity index (χ0n) is 11.9. The third-order valence-electron chi connectivity index (χ3n) is 2.65. The van der Waals surface area contributed by atoms with E-state index in [1.54, 1.807) is 13.0 Å². The van der Waals surface area contributed by atoms with E-state index in [2.05, 4.69) is 4.74 Å². The van der Waals surface area contributed by atoms with Gasteiger partial charge < -0.3 is 9.47 Å². The third-order valence-corrected chi connectivity index (χ3v) is 2.65. The number of alkyl halides is 1. The van der Waals surface area contributed by atoms with Crippen LogP contribution >= 0.6 is 0 Å². The van der Waals surface area contributed by atoms with Gasteiger partial charge in [-0.15, -0.1) is 0 Å². The van der Waals surface area contributed by atoms with Crippen LogP contribution in [-0.4, -0.2) is 37.1 Å². The molecule has 0 fully saturated rings. The molecule has 0 bridgehead atoms. The van der Waals surface area contributed by atoms with Crippen molar-refractivity contribution < 1.29 is 28.2 Å². The van der Waals surface area contributed by atoms with Gasteiger partial charge in [0.2, 0.25) is 5.78 Å². The topological polar surface area (TPSA) is 69.7 Å². The highest BCUT2D eigenvalue weighted by molar-refractivity contribution is 6.12. The van der Waals surface area contributed by atoms with Gasteiger partial charge in [0.05, 0.1) is 19.6 Å². The number of halogens is 1. The zero-order chi connectivity index (χ0) is 15.8. The molecule has 0 radical (unpaired) electrons. The fourth-order valence-electron chi connectivity index (χ4n) is 1.74. The second kappa shape index (κ2) is 8.14. The molecule has 1 unspecified atom stereocenters. The summed E-state index contributed by atoms with van der Waals surface area (Å²) in [5, 5.41) is 0. The SMILES string of the molecule is CCOC(=O)Cc1ccccc1C(=O)C(F)C(=O)OCC. The summed E-state index contributed by atoms with van der Waals surface area (Å²) in [6, 6.07) is 6.02. The summed E-state index contributed by atoms with van der Waals surface area (Å²) in [5.74, 6) is -2.77. The highest BCUT2D eigenvalue weighted by Crippen LogP contribution is 2.15. The van der Waals surface area contributed by atoms with E-state index in [9.17, 15) is 18.8 Å². The Bertz CT molecular complexity index is 527. The molecule has 21 heavy (non-hydrogen) atoms. The number of hydrogen-bond acceptors (Lipinski definition) is 5. The van der Waals surface area contributed by atoms with E-state index in [1.807, 2.05) is 0 Å². The van der Waals surface area contributed by atoms with E-state index in [4.69, 9.17) is 4.74 Å². The molecular formula is C15H17FO5. The maximum Gasteiger partial charge on any atom is 0.348 e. The number of ether oxygens (including phenoxy) is 2. The zero-order valence-corrected chi connectivity index (χ0v) is 11.9. The minimum Gasteiger partial charge on any atom is -0.466 e. The Morgan fingerprint density at radius 1 is 1.10 bits per heavy atom. The average Bonchev–Trinajstić information content (AvgIpc) is 2.46. The smallest absolute Gasteiger partial charge is 0.348 e. The summed E-state index contributed by atoms with van der Waals surface area (Å²) in [5.41, 5.74) is 0.291. The predicted octanol–water partition coefficient (Wildman–Crippen LogP) is 1.88. The Morgan fingerprint density at radius 2 is 1.71 bits per heavy atom. The van der Waals surface area contributed by atoms with E-state index >= 15 is 0 Å². The molecule has 1 atom stereocenters. The first-order valence-corrected chi connectivity index (χ1v) is 6.59. The maximum absolute atomic E-state index is 13.8. The fraction of sp³-hybridized carbons (Fsp3) is 0.400. The van der Waals surface area contributed by atoms with Crippen LogP contribution in [0.1, 0.15) is 29.8 Å². The third kappa shape index (κ3) is 4.66. The molecule has 0 spiro atoms. The summed E-state index contributed by atoms with van der Waals surface area (Å²) in [6.45, 7) is 3.37. The summed E-state index contributed by atoms with van der Waals surface area (Å²) < 4.78 is 23.1. The van der Waals surface area contributed by atoms with Crippen LogP contribution in [0.25, 0.3) is 0 Å². The Hall–Kier alpha value is -2.24. The van der Waals surface area contributed by atoms with Crippen molar-refractivity contribution in [3.63, 3.8) is 0 Å². The number of benzene rings is 1. The van der Waals surface area contributed by atoms with Crippen molar-refractivity contribution in [1.82, 2.24) is 0 Å². The number of carbonyl (C=O) groups excluding carboxylic acids is 3. The van der Waals surface area contributed by atoms with Crippen molar-refractivity contribution in [3.05, 3.63) is 35.4 Å². The molecule has 0 aliphatic heterocycles. The van der Waals surface area contributed by atoms with E-state index in [1.165, 1.54) is 25.1 Å². The lowest BCUT2D eigenvalue weighted by atomic mass is 9.98.